The molecule has 0 radical (unpaired) electrons. The van der Waals surface area contributed by atoms with Crippen molar-refractivity contribution in [3.05, 3.63) is 71.8 Å². The van der Waals surface area contributed by atoms with Gasteiger partial charge in [0, 0.05) is 31.5 Å². The van der Waals surface area contributed by atoms with Crippen LogP contribution in [0.2, 0.25) is 0 Å². The molecule has 3 fully saturated rings. The summed E-state index contributed by atoms with van der Waals surface area (Å²) >= 11 is 1.70. The van der Waals surface area contributed by atoms with Crippen LogP contribution < -0.4 is 10.6 Å². The number of aliphatic hydroxyl groups excluding tert-OH is 1. The van der Waals surface area contributed by atoms with E-state index in [0.29, 0.717) is 32.5 Å². The minimum absolute atomic E-state index is 0.0238. The van der Waals surface area contributed by atoms with Gasteiger partial charge in [0.05, 0.1) is 16.6 Å². The molecule has 7 nitrogen and oxygen atoms in total. The molecule has 202 valence electrons. The van der Waals surface area contributed by atoms with Crippen LogP contribution in [0.15, 0.2) is 60.7 Å². The molecular weight excluding hydrogens is 498 g/mol. The predicted molar refractivity (Wildman–Crippen MR) is 148 cm³/mol. The monoisotopic (exact) mass is 535 g/mol. The average Bonchev–Trinajstić information content (AvgIpc) is 3.53. The first-order valence-electron chi connectivity index (χ1n) is 13.7. The van der Waals surface area contributed by atoms with Crippen molar-refractivity contribution in [2.45, 2.75) is 61.7 Å². The van der Waals surface area contributed by atoms with Gasteiger partial charge in [0.25, 0.3) is 0 Å². The van der Waals surface area contributed by atoms with Crippen molar-refractivity contribution in [2.24, 2.45) is 17.8 Å². The van der Waals surface area contributed by atoms with Crippen molar-refractivity contribution in [2.75, 3.05) is 13.2 Å². The first-order chi connectivity index (χ1) is 18.5. The Morgan fingerprint density at radius 2 is 1.55 bits per heavy atom. The second-order valence-corrected chi connectivity index (χ2v) is 12.3. The molecule has 3 aliphatic rings. The number of likely N-dealkylation sites (tertiary alicyclic amines) is 1. The van der Waals surface area contributed by atoms with Crippen LogP contribution in [0.1, 0.15) is 43.7 Å². The van der Waals surface area contributed by atoms with E-state index < -0.39 is 22.6 Å². The minimum Gasteiger partial charge on any atom is -0.396 e. The summed E-state index contributed by atoms with van der Waals surface area (Å²) in [5.41, 5.74) is 2.02. The van der Waals surface area contributed by atoms with Crippen molar-refractivity contribution < 1.29 is 19.5 Å². The summed E-state index contributed by atoms with van der Waals surface area (Å²) in [7, 11) is 0. The number of fused-ring (bicyclic) bond motifs is 1. The Labute approximate surface area is 228 Å². The highest BCUT2D eigenvalue weighted by Gasteiger charge is 2.75. The smallest absolute Gasteiger partial charge is 0.244 e. The molecule has 2 aromatic rings. The van der Waals surface area contributed by atoms with Crippen LogP contribution in [0.3, 0.4) is 0 Å². The third kappa shape index (κ3) is 4.84. The van der Waals surface area contributed by atoms with E-state index in [2.05, 4.69) is 17.6 Å². The topological polar surface area (TPSA) is 98.7 Å². The van der Waals surface area contributed by atoms with E-state index in [1.807, 2.05) is 60.7 Å². The van der Waals surface area contributed by atoms with Crippen molar-refractivity contribution in [3.8, 4) is 0 Å². The zero-order chi connectivity index (χ0) is 26.7. The lowest BCUT2D eigenvalue weighted by Crippen LogP contribution is -2.56. The summed E-state index contributed by atoms with van der Waals surface area (Å²) < 4.78 is -0.617. The molecule has 3 unspecified atom stereocenters. The number of thioether (sulfide) groups is 1. The van der Waals surface area contributed by atoms with Crippen LogP contribution in [0.25, 0.3) is 0 Å². The number of carbonyl (C=O) groups is 3. The highest BCUT2D eigenvalue weighted by molar-refractivity contribution is 8.02. The van der Waals surface area contributed by atoms with E-state index in [4.69, 9.17) is 0 Å². The first-order valence-corrected chi connectivity index (χ1v) is 14.6. The maximum atomic E-state index is 14.1. The fourth-order valence-electron chi connectivity index (χ4n) is 6.72. The average molecular weight is 536 g/mol. The molecule has 38 heavy (non-hydrogen) atoms. The maximum Gasteiger partial charge on any atom is 0.244 e. The Balaban J connectivity index is 1.39. The molecular formula is C30H37N3O4S. The van der Waals surface area contributed by atoms with Crippen molar-refractivity contribution in [3.63, 3.8) is 0 Å². The zero-order valence-electron chi connectivity index (χ0n) is 21.8. The molecule has 0 saturated carbocycles. The lowest BCUT2D eigenvalue weighted by atomic mass is 9.66. The van der Waals surface area contributed by atoms with Gasteiger partial charge in [-0.1, -0.05) is 67.6 Å². The summed E-state index contributed by atoms with van der Waals surface area (Å²) in [4.78, 5) is 43.2. The Hall–Kier alpha value is -2.84. The summed E-state index contributed by atoms with van der Waals surface area (Å²) in [6.45, 7) is 3.52. The van der Waals surface area contributed by atoms with Crippen molar-refractivity contribution in [1.29, 1.82) is 0 Å². The quantitative estimate of drug-likeness (QED) is 0.384. The molecule has 0 aliphatic carbocycles. The van der Waals surface area contributed by atoms with Crippen LogP contribution in [0, 0.1) is 17.8 Å². The lowest BCUT2D eigenvalue weighted by Gasteiger charge is -2.38. The third-order valence-corrected chi connectivity index (χ3v) is 10.5. The summed E-state index contributed by atoms with van der Waals surface area (Å²) in [6, 6.07) is 18.9. The van der Waals surface area contributed by atoms with Gasteiger partial charge in [-0.25, -0.2) is 0 Å². The van der Waals surface area contributed by atoms with E-state index >= 15 is 0 Å². The third-order valence-electron chi connectivity index (χ3n) is 8.47. The number of rotatable bonds is 11. The number of hydrogen-bond acceptors (Lipinski definition) is 5. The molecule has 3 aliphatic heterocycles. The molecule has 1 spiro atoms. The largest absolute Gasteiger partial charge is 0.396 e. The van der Waals surface area contributed by atoms with Gasteiger partial charge in [0.15, 0.2) is 0 Å². The molecule has 2 bridgehead atoms. The fraction of sp³-hybridized carbons (Fsp3) is 0.500. The summed E-state index contributed by atoms with van der Waals surface area (Å²) in [5, 5.41) is 15.4. The Kier molecular flexibility index (Phi) is 8.09. The molecule has 3 heterocycles. The van der Waals surface area contributed by atoms with Crippen LogP contribution >= 0.6 is 11.8 Å². The predicted octanol–water partition coefficient (Wildman–Crippen LogP) is 3.12. The van der Waals surface area contributed by atoms with E-state index in [1.165, 1.54) is 0 Å². The second-order valence-electron chi connectivity index (χ2n) is 10.8. The summed E-state index contributed by atoms with van der Waals surface area (Å²) in [6.07, 6.45) is 2.98. The molecule has 3 amide bonds. The van der Waals surface area contributed by atoms with E-state index in [0.717, 1.165) is 24.0 Å². The van der Waals surface area contributed by atoms with E-state index in [9.17, 15) is 19.5 Å². The van der Waals surface area contributed by atoms with E-state index in [1.54, 1.807) is 16.7 Å². The summed E-state index contributed by atoms with van der Waals surface area (Å²) in [5.74, 6) is -1.13. The molecule has 5 rings (SSSR count). The van der Waals surface area contributed by atoms with Crippen LogP contribution in [0.5, 0.6) is 0 Å². The Bertz CT molecular complexity index is 1150. The number of amides is 3. The normalized spacial score (nSPS) is 29.4. The van der Waals surface area contributed by atoms with Crippen molar-refractivity contribution in [1.82, 2.24) is 15.5 Å². The number of benzene rings is 2. The molecule has 3 N–H and O–H groups in total. The highest BCUT2D eigenvalue weighted by Crippen LogP contribution is 2.68. The number of aliphatic hydroxyl groups is 1. The van der Waals surface area contributed by atoms with Gasteiger partial charge < -0.3 is 20.6 Å². The fourth-order valence-corrected chi connectivity index (χ4v) is 9.14. The SMILES string of the molecule is CC1C[C@H]2SC13C(C(=O)NCc1ccccc1)N(CCCCCO)C(=O)[C@@H]3[C@H]2C(=O)NCc1ccccc1. The van der Waals surface area contributed by atoms with Crippen LogP contribution in [-0.4, -0.2) is 56.9 Å². The van der Waals surface area contributed by atoms with Crippen molar-refractivity contribution >= 4 is 29.5 Å². The second kappa shape index (κ2) is 11.5. The number of nitrogens with zero attached hydrogens (tertiary/aromatic N) is 1. The van der Waals surface area contributed by atoms with Crippen LogP contribution in [-0.2, 0) is 27.5 Å². The van der Waals surface area contributed by atoms with Gasteiger partial charge in [0.1, 0.15) is 6.04 Å². The van der Waals surface area contributed by atoms with Gasteiger partial charge in [-0.15, -0.1) is 11.8 Å². The van der Waals surface area contributed by atoms with Gasteiger partial charge in [-0.2, -0.15) is 0 Å². The van der Waals surface area contributed by atoms with Gasteiger partial charge >= 0.3 is 0 Å². The van der Waals surface area contributed by atoms with Gasteiger partial charge in [-0.05, 0) is 42.7 Å². The number of carbonyl (C=O) groups excluding carboxylic acids is 3. The maximum absolute atomic E-state index is 14.1. The van der Waals surface area contributed by atoms with Gasteiger partial charge in [0.2, 0.25) is 17.7 Å². The first kappa shape index (κ1) is 26.8. The Morgan fingerprint density at radius 1 is 0.947 bits per heavy atom. The number of unbranched alkanes of at least 4 members (excludes halogenated alkanes) is 2. The van der Waals surface area contributed by atoms with Crippen LogP contribution in [0.4, 0.5) is 0 Å². The molecule has 0 aromatic heterocycles. The molecule has 8 heteroatoms. The Morgan fingerprint density at radius 3 is 2.16 bits per heavy atom. The number of nitrogens with one attached hydrogen (secondary N) is 2. The zero-order valence-corrected chi connectivity index (χ0v) is 22.7. The van der Waals surface area contributed by atoms with Gasteiger partial charge in [-0.3, -0.25) is 14.4 Å². The number of hydrogen-bond donors (Lipinski definition) is 3. The highest BCUT2D eigenvalue weighted by atomic mass is 32.2. The molecule has 3 saturated heterocycles. The van der Waals surface area contributed by atoms with E-state index in [-0.39, 0.29) is 35.5 Å². The molecule has 2 aromatic carbocycles. The lowest BCUT2D eigenvalue weighted by molar-refractivity contribution is -0.140. The standard InChI is InChI=1S/C30H37N3O4S/c1-20-17-23-24(27(35)31-18-21-11-5-2-6-12-21)25-29(37)33(15-9-4-10-16-34)26(30(20,25)38-23)28(36)32-19-22-13-7-3-8-14-22/h2-3,5-8,11-14,20,23-26,34H,4,9-10,15-19H2,1H3,(H,31,35)(H,32,36)/t20?,23-,24+,25+,26?,30?/m1/s1. The molecule has 6 atom stereocenters. The minimum atomic E-state index is -0.617.